The van der Waals surface area contributed by atoms with Crippen molar-refractivity contribution < 1.29 is 0 Å². The maximum absolute atomic E-state index is 3.55. The normalized spacial score (nSPS) is 28.3. The van der Waals surface area contributed by atoms with Gasteiger partial charge < -0.3 is 5.32 Å². The SMILES string of the molecule is CSc1ccc(CN2CCCC3CNCC32)cc1. The van der Waals surface area contributed by atoms with Crippen LogP contribution in [0.15, 0.2) is 29.2 Å². The maximum Gasteiger partial charge on any atom is 0.0264 e. The summed E-state index contributed by atoms with van der Waals surface area (Å²) in [6.45, 7) is 4.81. The second kappa shape index (κ2) is 5.64. The van der Waals surface area contributed by atoms with Gasteiger partial charge in [-0.2, -0.15) is 0 Å². The highest BCUT2D eigenvalue weighted by Crippen LogP contribution is 2.28. The van der Waals surface area contributed by atoms with E-state index in [0.29, 0.717) is 0 Å². The van der Waals surface area contributed by atoms with Crippen LogP contribution in [0, 0.1) is 5.92 Å². The minimum atomic E-state index is 0.777. The predicted octanol–water partition coefficient (Wildman–Crippen LogP) is 2.59. The van der Waals surface area contributed by atoms with Crippen LogP contribution >= 0.6 is 11.8 Å². The second-order valence-corrected chi connectivity index (χ2v) is 6.33. The number of rotatable bonds is 3. The highest BCUT2D eigenvalue weighted by Gasteiger charge is 2.34. The fourth-order valence-electron chi connectivity index (χ4n) is 3.33. The van der Waals surface area contributed by atoms with Gasteiger partial charge in [0, 0.05) is 24.0 Å². The Kier molecular flexibility index (Phi) is 3.92. The van der Waals surface area contributed by atoms with Crippen molar-refractivity contribution in [1.82, 2.24) is 10.2 Å². The predicted molar refractivity (Wildman–Crippen MR) is 78.0 cm³/mol. The number of thioether (sulfide) groups is 1. The Morgan fingerprint density at radius 3 is 2.89 bits per heavy atom. The highest BCUT2D eigenvalue weighted by molar-refractivity contribution is 7.98. The van der Waals surface area contributed by atoms with E-state index in [0.717, 1.165) is 18.5 Å². The van der Waals surface area contributed by atoms with E-state index in [9.17, 15) is 0 Å². The van der Waals surface area contributed by atoms with Crippen molar-refractivity contribution in [2.75, 3.05) is 25.9 Å². The van der Waals surface area contributed by atoms with E-state index >= 15 is 0 Å². The van der Waals surface area contributed by atoms with Gasteiger partial charge in [0.1, 0.15) is 0 Å². The Balaban J connectivity index is 1.67. The van der Waals surface area contributed by atoms with Crippen LogP contribution in [-0.4, -0.2) is 36.8 Å². The lowest BCUT2D eigenvalue weighted by Crippen LogP contribution is -2.44. The Bertz CT molecular complexity index is 390. The summed E-state index contributed by atoms with van der Waals surface area (Å²) in [4.78, 5) is 4.04. The fraction of sp³-hybridized carbons (Fsp3) is 0.600. The third kappa shape index (κ3) is 2.58. The van der Waals surface area contributed by atoms with Gasteiger partial charge in [0.2, 0.25) is 0 Å². The lowest BCUT2D eigenvalue weighted by molar-refractivity contribution is 0.117. The van der Waals surface area contributed by atoms with Crippen molar-refractivity contribution >= 4 is 11.8 Å². The van der Waals surface area contributed by atoms with Gasteiger partial charge in [-0.15, -0.1) is 11.8 Å². The standard InChI is InChI=1S/C15H22N2S/c1-18-14-6-4-12(5-7-14)11-17-8-2-3-13-9-16-10-15(13)17/h4-7,13,15-16H,2-3,8-11H2,1H3. The number of likely N-dealkylation sites (tertiary alicyclic amines) is 1. The molecule has 1 aromatic rings. The largest absolute Gasteiger partial charge is 0.315 e. The average molecular weight is 262 g/mol. The zero-order chi connectivity index (χ0) is 12.4. The molecule has 0 saturated carbocycles. The van der Waals surface area contributed by atoms with E-state index in [1.54, 1.807) is 0 Å². The fourth-order valence-corrected chi connectivity index (χ4v) is 3.73. The third-order valence-electron chi connectivity index (χ3n) is 4.34. The van der Waals surface area contributed by atoms with Gasteiger partial charge >= 0.3 is 0 Å². The molecular formula is C15H22N2S. The van der Waals surface area contributed by atoms with Crippen LogP contribution in [0.5, 0.6) is 0 Å². The molecule has 2 aliphatic heterocycles. The molecule has 0 amide bonds. The first-order valence-electron chi connectivity index (χ1n) is 6.94. The molecule has 3 rings (SSSR count). The number of nitrogens with one attached hydrogen (secondary N) is 1. The van der Waals surface area contributed by atoms with E-state index in [1.165, 1.54) is 42.9 Å². The Morgan fingerprint density at radius 1 is 1.28 bits per heavy atom. The number of hydrogen-bond donors (Lipinski definition) is 1. The molecule has 98 valence electrons. The molecule has 1 N–H and O–H groups in total. The van der Waals surface area contributed by atoms with Crippen molar-refractivity contribution in [1.29, 1.82) is 0 Å². The average Bonchev–Trinajstić information content (AvgIpc) is 2.89. The molecule has 2 unspecified atom stereocenters. The number of piperidine rings is 1. The number of hydrogen-bond acceptors (Lipinski definition) is 3. The van der Waals surface area contributed by atoms with E-state index in [4.69, 9.17) is 0 Å². The van der Waals surface area contributed by atoms with Gasteiger partial charge in [-0.25, -0.2) is 0 Å². The minimum Gasteiger partial charge on any atom is -0.315 e. The summed E-state index contributed by atoms with van der Waals surface area (Å²) < 4.78 is 0. The zero-order valence-corrected chi connectivity index (χ0v) is 11.9. The summed E-state index contributed by atoms with van der Waals surface area (Å²) >= 11 is 1.82. The number of benzene rings is 1. The van der Waals surface area contributed by atoms with Gasteiger partial charge in [0.15, 0.2) is 0 Å². The van der Waals surface area contributed by atoms with Crippen LogP contribution in [0.2, 0.25) is 0 Å². The first-order valence-corrected chi connectivity index (χ1v) is 8.17. The van der Waals surface area contributed by atoms with Crippen LogP contribution in [0.4, 0.5) is 0 Å². The van der Waals surface area contributed by atoms with E-state index in [1.807, 2.05) is 11.8 Å². The number of fused-ring (bicyclic) bond motifs is 1. The lowest BCUT2D eigenvalue weighted by Gasteiger charge is -2.37. The molecule has 2 atom stereocenters. The van der Waals surface area contributed by atoms with Crippen molar-refractivity contribution in [3.63, 3.8) is 0 Å². The summed E-state index contributed by atoms with van der Waals surface area (Å²) in [6, 6.07) is 9.84. The minimum absolute atomic E-state index is 0.777. The van der Waals surface area contributed by atoms with E-state index < -0.39 is 0 Å². The van der Waals surface area contributed by atoms with Crippen LogP contribution in [0.25, 0.3) is 0 Å². The van der Waals surface area contributed by atoms with Crippen LogP contribution in [0.1, 0.15) is 18.4 Å². The first kappa shape index (κ1) is 12.5. The topological polar surface area (TPSA) is 15.3 Å². The summed E-state index contributed by atoms with van der Waals surface area (Å²) in [5.74, 6) is 0.893. The molecule has 2 fully saturated rings. The molecule has 2 nitrogen and oxygen atoms in total. The smallest absolute Gasteiger partial charge is 0.0264 e. The molecule has 3 heteroatoms. The lowest BCUT2D eigenvalue weighted by atomic mass is 9.92. The molecule has 0 aromatic heterocycles. The molecule has 0 bridgehead atoms. The number of nitrogens with zero attached hydrogens (tertiary/aromatic N) is 1. The monoisotopic (exact) mass is 262 g/mol. The van der Waals surface area contributed by atoms with Crippen LogP contribution in [-0.2, 0) is 6.54 Å². The van der Waals surface area contributed by atoms with Crippen molar-refractivity contribution in [2.24, 2.45) is 5.92 Å². The molecule has 0 aliphatic carbocycles. The highest BCUT2D eigenvalue weighted by atomic mass is 32.2. The van der Waals surface area contributed by atoms with Crippen LogP contribution in [0.3, 0.4) is 0 Å². The van der Waals surface area contributed by atoms with Gasteiger partial charge in [-0.05, 0) is 55.8 Å². The van der Waals surface area contributed by atoms with Gasteiger partial charge in [0.25, 0.3) is 0 Å². The van der Waals surface area contributed by atoms with E-state index in [2.05, 4.69) is 40.7 Å². The molecular weight excluding hydrogens is 240 g/mol. The Morgan fingerprint density at radius 2 is 2.11 bits per heavy atom. The van der Waals surface area contributed by atoms with Crippen molar-refractivity contribution in [3.8, 4) is 0 Å². The zero-order valence-electron chi connectivity index (χ0n) is 11.1. The molecule has 2 heterocycles. The maximum atomic E-state index is 3.55. The third-order valence-corrected chi connectivity index (χ3v) is 5.08. The van der Waals surface area contributed by atoms with Gasteiger partial charge in [-0.3, -0.25) is 4.90 Å². The summed E-state index contributed by atoms with van der Waals surface area (Å²) in [7, 11) is 0. The summed E-state index contributed by atoms with van der Waals surface area (Å²) in [5.41, 5.74) is 1.46. The quantitative estimate of drug-likeness (QED) is 0.843. The van der Waals surface area contributed by atoms with Crippen LogP contribution < -0.4 is 5.32 Å². The van der Waals surface area contributed by atoms with E-state index in [-0.39, 0.29) is 0 Å². The second-order valence-electron chi connectivity index (χ2n) is 5.45. The molecule has 2 saturated heterocycles. The molecule has 1 aromatic carbocycles. The molecule has 2 aliphatic rings. The van der Waals surface area contributed by atoms with Crippen molar-refractivity contribution in [2.45, 2.75) is 30.3 Å². The van der Waals surface area contributed by atoms with Crippen molar-refractivity contribution in [3.05, 3.63) is 29.8 Å². The first-order chi connectivity index (χ1) is 8.86. The molecule has 18 heavy (non-hydrogen) atoms. The molecule has 0 spiro atoms. The van der Waals surface area contributed by atoms with Gasteiger partial charge in [0.05, 0.1) is 0 Å². The summed E-state index contributed by atoms with van der Waals surface area (Å²) in [6.07, 6.45) is 4.92. The Labute approximate surface area is 114 Å². The Hall–Kier alpha value is -0.510. The van der Waals surface area contributed by atoms with Gasteiger partial charge in [-0.1, -0.05) is 12.1 Å². The summed E-state index contributed by atoms with van der Waals surface area (Å²) in [5, 5.41) is 3.55. The molecule has 0 radical (unpaired) electrons.